The number of fused-ring (bicyclic) bond motifs is 1. The largest absolute Gasteiger partial charge is 0.373 e. The summed E-state index contributed by atoms with van der Waals surface area (Å²) in [6.07, 6.45) is 0.696. The van der Waals surface area contributed by atoms with Crippen LogP contribution in [-0.2, 0) is 16.0 Å². The molecule has 0 spiro atoms. The Morgan fingerprint density at radius 3 is 2.79 bits per heavy atom. The Balaban J connectivity index is 1.52. The lowest BCUT2D eigenvalue weighted by Gasteiger charge is -2.39. The first-order valence-corrected chi connectivity index (χ1v) is 8.52. The molecule has 0 radical (unpaired) electrons. The molecule has 0 unspecified atom stereocenters. The van der Waals surface area contributed by atoms with Crippen molar-refractivity contribution < 1.29 is 14.1 Å². The summed E-state index contributed by atoms with van der Waals surface area (Å²) in [5.74, 6) is -0.0322. The van der Waals surface area contributed by atoms with Gasteiger partial charge in [-0.25, -0.2) is 0 Å². The third-order valence-corrected chi connectivity index (χ3v) is 4.45. The Hall–Kier alpha value is -1.92. The topological polar surface area (TPSA) is 67.6 Å². The third kappa shape index (κ3) is 3.94. The van der Waals surface area contributed by atoms with E-state index in [2.05, 4.69) is 36.1 Å². The quantitative estimate of drug-likeness (QED) is 0.907. The number of carbonyl (C=O) groups is 1. The molecule has 0 bridgehead atoms. The molecule has 2 heterocycles. The lowest BCUT2D eigenvalue weighted by atomic mass is 10.1. The molecule has 0 aliphatic carbocycles. The second-order valence-electron chi connectivity index (χ2n) is 6.67. The van der Waals surface area contributed by atoms with Gasteiger partial charge >= 0.3 is 0 Å². The average Bonchev–Trinajstić information content (AvgIpc) is 2.95. The van der Waals surface area contributed by atoms with E-state index < -0.39 is 0 Å². The van der Waals surface area contributed by atoms with Crippen LogP contribution in [0.4, 0.5) is 0 Å². The van der Waals surface area contributed by atoms with Gasteiger partial charge in [-0.15, -0.1) is 0 Å². The van der Waals surface area contributed by atoms with E-state index in [1.165, 1.54) is 0 Å². The number of amides is 1. The molecule has 1 saturated heterocycles. The minimum atomic E-state index is -0.0322. The van der Waals surface area contributed by atoms with Crippen molar-refractivity contribution in [2.45, 2.75) is 45.4 Å². The Morgan fingerprint density at radius 1 is 1.33 bits per heavy atom. The van der Waals surface area contributed by atoms with Crippen LogP contribution in [0.3, 0.4) is 0 Å². The van der Waals surface area contributed by atoms with Gasteiger partial charge in [-0.2, -0.15) is 0 Å². The molecular formula is C18H25N3O3. The molecule has 6 nitrogen and oxygen atoms in total. The Bertz CT molecular complexity index is 690. The first-order chi connectivity index (χ1) is 11.5. The second-order valence-corrected chi connectivity index (χ2v) is 6.67. The van der Waals surface area contributed by atoms with Gasteiger partial charge in [0.05, 0.1) is 18.6 Å². The zero-order valence-corrected chi connectivity index (χ0v) is 14.5. The van der Waals surface area contributed by atoms with E-state index in [1.54, 1.807) is 0 Å². The van der Waals surface area contributed by atoms with Gasteiger partial charge in [-0.05, 0) is 32.9 Å². The van der Waals surface area contributed by atoms with Gasteiger partial charge < -0.3 is 14.6 Å². The van der Waals surface area contributed by atoms with Gasteiger partial charge in [0.25, 0.3) is 0 Å². The van der Waals surface area contributed by atoms with Crippen molar-refractivity contribution in [3.63, 3.8) is 0 Å². The van der Waals surface area contributed by atoms with Crippen molar-refractivity contribution in [1.82, 2.24) is 15.4 Å². The summed E-state index contributed by atoms with van der Waals surface area (Å²) in [5, 5.41) is 7.92. The van der Waals surface area contributed by atoms with Crippen LogP contribution in [0.1, 0.15) is 26.5 Å². The lowest BCUT2D eigenvalue weighted by molar-refractivity contribution is -0.121. The predicted molar refractivity (Wildman–Crippen MR) is 91.8 cm³/mol. The Kier molecular flexibility index (Phi) is 5.16. The fraction of sp³-hybridized carbons (Fsp3) is 0.556. The smallest absolute Gasteiger partial charge is 0.226 e. The Labute approximate surface area is 142 Å². The summed E-state index contributed by atoms with van der Waals surface area (Å²) < 4.78 is 11.0. The fourth-order valence-electron chi connectivity index (χ4n) is 3.25. The monoisotopic (exact) mass is 331 g/mol. The molecule has 1 amide bonds. The summed E-state index contributed by atoms with van der Waals surface area (Å²) in [5.41, 5.74) is 1.40. The highest BCUT2D eigenvalue weighted by molar-refractivity contribution is 5.86. The van der Waals surface area contributed by atoms with Crippen molar-refractivity contribution in [2.75, 3.05) is 19.6 Å². The maximum Gasteiger partial charge on any atom is 0.226 e. The number of hydrogen-bond acceptors (Lipinski definition) is 5. The zero-order valence-electron chi connectivity index (χ0n) is 14.5. The van der Waals surface area contributed by atoms with Crippen LogP contribution in [0.5, 0.6) is 0 Å². The van der Waals surface area contributed by atoms with Crippen LogP contribution in [0, 0.1) is 0 Å². The van der Waals surface area contributed by atoms with Crippen molar-refractivity contribution in [1.29, 1.82) is 0 Å². The van der Waals surface area contributed by atoms with Gasteiger partial charge in [0.2, 0.25) is 5.91 Å². The summed E-state index contributed by atoms with van der Waals surface area (Å²) in [4.78, 5) is 14.6. The van der Waals surface area contributed by atoms with Gasteiger partial charge in [0.1, 0.15) is 5.69 Å². The number of benzene rings is 1. The van der Waals surface area contributed by atoms with Crippen LogP contribution >= 0.6 is 0 Å². The molecule has 1 N–H and O–H groups in total. The second kappa shape index (κ2) is 7.32. The maximum atomic E-state index is 12.2. The third-order valence-electron chi connectivity index (χ3n) is 4.45. The average molecular weight is 331 g/mol. The van der Waals surface area contributed by atoms with Gasteiger partial charge in [-0.1, -0.05) is 17.3 Å². The minimum absolute atomic E-state index is 0.0322. The highest BCUT2D eigenvalue weighted by Crippen LogP contribution is 2.18. The number of para-hydroxylation sites is 1. The molecule has 6 heteroatoms. The number of nitrogens with one attached hydrogen (secondary N) is 1. The molecule has 1 aromatic carbocycles. The Morgan fingerprint density at radius 2 is 2.04 bits per heavy atom. The number of nitrogens with zero attached hydrogens (tertiary/aromatic N) is 2. The number of carbonyl (C=O) groups excluding carboxylic acids is 1. The first kappa shape index (κ1) is 16.9. The zero-order chi connectivity index (χ0) is 17.1. The molecule has 3 rings (SSSR count). The molecule has 1 fully saturated rings. The number of hydrogen-bond donors (Lipinski definition) is 1. The van der Waals surface area contributed by atoms with Crippen LogP contribution in [-0.4, -0.2) is 53.8 Å². The minimum Gasteiger partial charge on any atom is -0.373 e. The van der Waals surface area contributed by atoms with Crippen LogP contribution < -0.4 is 5.32 Å². The number of rotatable bonds is 5. The summed E-state index contributed by atoms with van der Waals surface area (Å²) >= 11 is 0. The molecule has 24 heavy (non-hydrogen) atoms. The molecule has 2 aromatic rings. The van der Waals surface area contributed by atoms with E-state index in [1.807, 2.05) is 24.3 Å². The number of morpholine rings is 1. The number of ether oxygens (including phenoxy) is 1. The number of aromatic nitrogens is 1. The summed E-state index contributed by atoms with van der Waals surface area (Å²) in [7, 11) is 0. The van der Waals surface area contributed by atoms with Gasteiger partial charge in [-0.3, -0.25) is 9.69 Å². The van der Waals surface area contributed by atoms with Crippen LogP contribution in [0.15, 0.2) is 28.8 Å². The first-order valence-electron chi connectivity index (χ1n) is 8.52. The van der Waals surface area contributed by atoms with Crippen LogP contribution in [0.25, 0.3) is 11.0 Å². The lowest BCUT2D eigenvalue weighted by Crippen LogP contribution is -2.52. The van der Waals surface area contributed by atoms with E-state index in [9.17, 15) is 4.79 Å². The van der Waals surface area contributed by atoms with Crippen molar-refractivity contribution in [2.24, 2.45) is 0 Å². The summed E-state index contributed by atoms with van der Waals surface area (Å²) in [6, 6.07) is 7.87. The maximum absolute atomic E-state index is 12.2. The van der Waals surface area contributed by atoms with Crippen LogP contribution in [0.2, 0.25) is 0 Å². The molecule has 0 saturated carbocycles. The van der Waals surface area contributed by atoms with Crippen molar-refractivity contribution >= 4 is 16.9 Å². The van der Waals surface area contributed by atoms with Gasteiger partial charge in [0, 0.05) is 31.1 Å². The fourth-order valence-corrected chi connectivity index (χ4v) is 3.25. The highest BCUT2D eigenvalue weighted by Gasteiger charge is 2.25. The van der Waals surface area contributed by atoms with E-state index in [0.29, 0.717) is 17.8 Å². The summed E-state index contributed by atoms with van der Waals surface area (Å²) in [6.45, 7) is 8.72. The van der Waals surface area contributed by atoms with Crippen molar-refractivity contribution in [3.05, 3.63) is 30.0 Å². The van der Waals surface area contributed by atoms with E-state index in [-0.39, 0.29) is 30.6 Å². The SMILES string of the molecule is C[C@@H]1CN([C@H](C)CNC(=O)Cc2noc3ccccc23)C[C@H](C)O1. The van der Waals surface area contributed by atoms with E-state index in [0.717, 1.165) is 18.5 Å². The van der Waals surface area contributed by atoms with Gasteiger partial charge in [0.15, 0.2) is 5.58 Å². The molecule has 130 valence electrons. The molecule has 1 aliphatic heterocycles. The highest BCUT2D eigenvalue weighted by atomic mass is 16.5. The van der Waals surface area contributed by atoms with E-state index >= 15 is 0 Å². The molecule has 1 aromatic heterocycles. The van der Waals surface area contributed by atoms with Crippen molar-refractivity contribution in [3.8, 4) is 0 Å². The molecular weight excluding hydrogens is 306 g/mol. The molecule has 1 aliphatic rings. The standard InChI is InChI=1S/C18H25N3O3/c1-12(21-10-13(2)23-14(3)11-21)9-19-18(22)8-16-15-6-4-5-7-17(15)24-20-16/h4-7,12-14H,8-11H2,1-3H3,(H,19,22)/t12-,13-,14+/m1/s1. The molecule has 3 atom stereocenters. The predicted octanol–water partition coefficient (Wildman–Crippen LogP) is 1.98. The van der Waals surface area contributed by atoms with E-state index in [4.69, 9.17) is 9.26 Å². The normalized spacial score (nSPS) is 23.3.